The number of benzene rings is 1. The Hall–Kier alpha value is -1.70. The van der Waals surface area contributed by atoms with Crippen molar-refractivity contribution < 1.29 is 36.9 Å². The average molecular weight is 355 g/mol. The van der Waals surface area contributed by atoms with E-state index >= 15 is 0 Å². The molecule has 2 aliphatic rings. The molecule has 0 spiro atoms. The highest BCUT2D eigenvalue weighted by atomic mass is 35.5. The Morgan fingerprint density at radius 2 is 1.74 bits per heavy atom. The highest BCUT2D eigenvalue weighted by Gasteiger charge is 2.66. The Kier molecular flexibility index (Phi) is 3.62. The van der Waals surface area contributed by atoms with Crippen LogP contribution in [0.3, 0.4) is 0 Å². The van der Waals surface area contributed by atoms with Crippen molar-refractivity contribution in [1.29, 1.82) is 0 Å². The second-order valence-electron chi connectivity index (χ2n) is 5.60. The molecule has 3 rings (SSSR count). The lowest BCUT2D eigenvalue weighted by Crippen LogP contribution is -2.52. The number of carbonyl (C=O) groups is 1. The van der Waals surface area contributed by atoms with Crippen LogP contribution in [0, 0.1) is 5.92 Å². The van der Waals surface area contributed by atoms with Crippen LogP contribution in [0.5, 0.6) is 11.5 Å². The SMILES string of the molecule is O=C(O)CC(c1cc2c(cc1Cl)OC(F)(F)C(F)(F)O2)C1CC1. The molecule has 1 fully saturated rings. The molecule has 9 heteroatoms. The number of rotatable bonds is 4. The van der Waals surface area contributed by atoms with Gasteiger partial charge in [-0.1, -0.05) is 11.6 Å². The molecule has 0 saturated heterocycles. The average Bonchev–Trinajstić information content (AvgIpc) is 3.21. The van der Waals surface area contributed by atoms with Crippen LogP contribution in [-0.4, -0.2) is 23.3 Å². The van der Waals surface area contributed by atoms with Gasteiger partial charge in [-0.05, 0) is 36.3 Å². The molecule has 1 saturated carbocycles. The van der Waals surface area contributed by atoms with Crippen LogP contribution in [0.15, 0.2) is 12.1 Å². The smallest absolute Gasteiger partial charge is 0.481 e. The fourth-order valence-electron chi connectivity index (χ4n) is 2.61. The molecule has 1 heterocycles. The monoisotopic (exact) mass is 354 g/mol. The number of halogens is 5. The number of hydrogen-bond acceptors (Lipinski definition) is 3. The predicted octanol–water partition coefficient (Wildman–Crippen LogP) is 4.27. The molecule has 1 aliphatic heterocycles. The molecule has 1 N–H and O–H groups in total. The fourth-order valence-corrected chi connectivity index (χ4v) is 2.90. The van der Waals surface area contributed by atoms with Gasteiger partial charge in [0.15, 0.2) is 11.5 Å². The number of hydrogen-bond donors (Lipinski definition) is 1. The summed E-state index contributed by atoms with van der Waals surface area (Å²) in [5.74, 6) is -2.70. The van der Waals surface area contributed by atoms with Gasteiger partial charge in [0, 0.05) is 11.1 Å². The van der Waals surface area contributed by atoms with Crippen molar-refractivity contribution in [3.8, 4) is 11.5 Å². The molecule has 4 nitrogen and oxygen atoms in total. The minimum atomic E-state index is -4.83. The maximum Gasteiger partial charge on any atom is 0.507 e. The summed E-state index contributed by atoms with van der Waals surface area (Å²) in [5, 5.41) is 8.96. The molecule has 126 valence electrons. The van der Waals surface area contributed by atoms with E-state index in [0.29, 0.717) is 0 Å². The van der Waals surface area contributed by atoms with Gasteiger partial charge in [0.1, 0.15) is 0 Å². The summed E-state index contributed by atoms with van der Waals surface area (Å²) in [6, 6.07) is 2.01. The Morgan fingerprint density at radius 1 is 1.22 bits per heavy atom. The van der Waals surface area contributed by atoms with E-state index in [2.05, 4.69) is 9.47 Å². The zero-order valence-corrected chi connectivity index (χ0v) is 12.2. The number of carboxylic acids is 1. The highest BCUT2D eigenvalue weighted by Crippen LogP contribution is 2.52. The van der Waals surface area contributed by atoms with Gasteiger partial charge in [-0.25, -0.2) is 0 Å². The zero-order valence-electron chi connectivity index (χ0n) is 11.5. The summed E-state index contributed by atoms with van der Waals surface area (Å²) < 4.78 is 60.9. The summed E-state index contributed by atoms with van der Waals surface area (Å²) in [5.41, 5.74) is 0.278. The first-order valence-electron chi connectivity index (χ1n) is 6.79. The van der Waals surface area contributed by atoms with Crippen molar-refractivity contribution in [2.45, 2.75) is 37.4 Å². The van der Waals surface area contributed by atoms with Crippen molar-refractivity contribution in [3.63, 3.8) is 0 Å². The summed E-state index contributed by atoms with van der Waals surface area (Å²) in [6.45, 7) is 0. The fraction of sp³-hybridized carbons (Fsp3) is 0.500. The van der Waals surface area contributed by atoms with Crippen molar-refractivity contribution in [2.75, 3.05) is 0 Å². The topological polar surface area (TPSA) is 55.8 Å². The lowest BCUT2D eigenvalue weighted by Gasteiger charge is -2.32. The Labute approximate surface area is 132 Å². The standard InChI is InChI=1S/C14H11ClF4O4/c15-9-5-11-10(22-13(16,17)14(18,19)23-11)3-8(9)7(4-12(20)21)6-1-2-6/h3,5-7H,1-2,4H2,(H,20,21). The summed E-state index contributed by atoms with van der Waals surface area (Å²) >= 11 is 6.01. The molecular formula is C14H11ClF4O4. The Morgan fingerprint density at radius 3 is 2.22 bits per heavy atom. The molecule has 0 bridgehead atoms. The van der Waals surface area contributed by atoms with Crippen LogP contribution < -0.4 is 9.47 Å². The Balaban J connectivity index is 2.00. The third kappa shape index (κ3) is 2.91. The van der Waals surface area contributed by atoms with Crippen molar-refractivity contribution >= 4 is 17.6 Å². The molecule has 1 aromatic carbocycles. The van der Waals surface area contributed by atoms with E-state index in [1.807, 2.05) is 0 Å². The number of alkyl halides is 4. The van der Waals surface area contributed by atoms with E-state index in [4.69, 9.17) is 16.7 Å². The first-order valence-corrected chi connectivity index (χ1v) is 7.17. The van der Waals surface area contributed by atoms with Gasteiger partial charge in [0.25, 0.3) is 0 Å². The number of fused-ring (bicyclic) bond motifs is 1. The van der Waals surface area contributed by atoms with Crippen LogP contribution in [0.4, 0.5) is 17.6 Å². The maximum absolute atomic E-state index is 13.3. The van der Waals surface area contributed by atoms with E-state index in [9.17, 15) is 22.4 Å². The van der Waals surface area contributed by atoms with Crippen LogP contribution >= 0.6 is 11.6 Å². The minimum absolute atomic E-state index is 0.0217. The molecular weight excluding hydrogens is 344 g/mol. The van der Waals surface area contributed by atoms with Crippen LogP contribution in [0.25, 0.3) is 0 Å². The summed E-state index contributed by atoms with van der Waals surface area (Å²) in [6.07, 6.45) is -8.31. The highest BCUT2D eigenvalue weighted by molar-refractivity contribution is 6.31. The van der Waals surface area contributed by atoms with E-state index in [1.165, 1.54) is 0 Å². The first kappa shape index (κ1) is 16.2. The minimum Gasteiger partial charge on any atom is -0.481 e. The zero-order chi connectivity index (χ0) is 17.0. The molecule has 1 unspecified atom stereocenters. The van der Waals surface area contributed by atoms with Crippen molar-refractivity contribution in [1.82, 2.24) is 0 Å². The molecule has 0 aromatic heterocycles. The molecule has 0 radical (unpaired) electrons. The number of aliphatic carboxylic acids is 1. The predicted molar refractivity (Wildman–Crippen MR) is 70.3 cm³/mol. The second kappa shape index (κ2) is 5.15. The van der Waals surface area contributed by atoms with Gasteiger partial charge in [0.2, 0.25) is 0 Å². The van der Waals surface area contributed by atoms with E-state index < -0.39 is 35.6 Å². The van der Waals surface area contributed by atoms with Crippen LogP contribution in [0.2, 0.25) is 5.02 Å². The largest absolute Gasteiger partial charge is 0.507 e. The molecule has 0 amide bonds. The van der Waals surface area contributed by atoms with Gasteiger partial charge < -0.3 is 14.6 Å². The molecule has 23 heavy (non-hydrogen) atoms. The van der Waals surface area contributed by atoms with Crippen molar-refractivity contribution in [2.24, 2.45) is 5.92 Å². The summed E-state index contributed by atoms with van der Waals surface area (Å²) in [7, 11) is 0. The first-order chi connectivity index (χ1) is 10.6. The second-order valence-corrected chi connectivity index (χ2v) is 6.01. The number of ether oxygens (including phenoxy) is 2. The van der Waals surface area contributed by atoms with Gasteiger partial charge in [0.05, 0.1) is 6.42 Å². The van der Waals surface area contributed by atoms with Gasteiger partial charge in [-0.2, -0.15) is 17.6 Å². The number of carboxylic acid groups (broad SMARTS) is 1. The lowest BCUT2D eigenvalue weighted by atomic mass is 9.90. The third-order valence-electron chi connectivity index (χ3n) is 3.86. The van der Waals surface area contributed by atoms with E-state index in [0.717, 1.165) is 25.0 Å². The van der Waals surface area contributed by atoms with Crippen LogP contribution in [-0.2, 0) is 4.79 Å². The molecule has 1 atom stereocenters. The van der Waals surface area contributed by atoms with Crippen molar-refractivity contribution in [3.05, 3.63) is 22.7 Å². The lowest BCUT2D eigenvalue weighted by molar-refractivity contribution is -0.391. The van der Waals surface area contributed by atoms with Gasteiger partial charge in [-0.3, -0.25) is 4.79 Å². The summed E-state index contributed by atoms with van der Waals surface area (Å²) in [4.78, 5) is 11.0. The molecule has 1 aromatic rings. The van der Waals surface area contributed by atoms with Gasteiger partial charge >= 0.3 is 18.2 Å². The van der Waals surface area contributed by atoms with Crippen LogP contribution in [0.1, 0.15) is 30.7 Å². The maximum atomic E-state index is 13.3. The third-order valence-corrected chi connectivity index (χ3v) is 4.19. The van der Waals surface area contributed by atoms with E-state index in [1.54, 1.807) is 0 Å². The van der Waals surface area contributed by atoms with Gasteiger partial charge in [-0.15, -0.1) is 0 Å². The molecule has 1 aliphatic carbocycles. The quantitative estimate of drug-likeness (QED) is 0.821. The van der Waals surface area contributed by atoms with E-state index in [-0.39, 0.29) is 22.9 Å². The normalized spacial score (nSPS) is 22.5. The Bertz CT molecular complexity index is 660.